The summed E-state index contributed by atoms with van der Waals surface area (Å²) in [7, 11) is 0. The van der Waals surface area contributed by atoms with Gasteiger partial charge in [0.1, 0.15) is 12.4 Å². The van der Waals surface area contributed by atoms with E-state index >= 15 is 0 Å². The second kappa shape index (κ2) is 9.55. The summed E-state index contributed by atoms with van der Waals surface area (Å²) in [5.74, 6) is 0.673. The minimum Gasteiger partial charge on any atom is -0.492 e. The van der Waals surface area contributed by atoms with Crippen molar-refractivity contribution in [3.8, 4) is 5.75 Å². The fourth-order valence-corrected chi connectivity index (χ4v) is 3.22. The third-order valence-electron chi connectivity index (χ3n) is 4.21. The number of nitrogens with two attached hydrogens (primary N) is 1. The number of amides is 1. The van der Waals surface area contributed by atoms with Gasteiger partial charge in [-0.05, 0) is 48.7 Å². The Bertz CT molecular complexity index is 755. The van der Waals surface area contributed by atoms with Crippen LogP contribution in [0.25, 0.3) is 0 Å². The maximum atomic E-state index is 12.2. The molecule has 140 valence electrons. The van der Waals surface area contributed by atoms with Gasteiger partial charge in [-0.25, -0.2) is 0 Å². The van der Waals surface area contributed by atoms with Gasteiger partial charge < -0.3 is 20.7 Å². The molecule has 0 saturated carbocycles. The van der Waals surface area contributed by atoms with Crippen LogP contribution >= 0.6 is 24.0 Å². The van der Waals surface area contributed by atoms with E-state index in [9.17, 15) is 4.79 Å². The molecule has 3 rings (SSSR count). The van der Waals surface area contributed by atoms with Crippen LogP contribution in [0, 0.1) is 0 Å². The van der Waals surface area contributed by atoms with E-state index in [0.717, 1.165) is 36.3 Å². The molecule has 1 aliphatic heterocycles. The van der Waals surface area contributed by atoms with Crippen LogP contribution in [0.4, 0.5) is 11.4 Å². The Morgan fingerprint density at radius 1 is 1.27 bits per heavy atom. The molecule has 0 bridgehead atoms. The molecule has 2 aromatic carbocycles. The molecule has 5 nitrogen and oxygen atoms in total. The summed E-state index contributed by atoms with van der Waals surface area (Å²) in [6.45, 7) is 2.04. The normalized spacial score (nSPS) is 12.7. The molecule has 1 amide bonds. The molecule has 0 spiro atoms. The molecular weight excluding hydrogens is 373 g/mol. The summed E-state index contributed by atoms with van der Waals surface area (Å²) >= 11 is 5.90. The zero-order valence-corrected chi connectivity index (χ0v) is 16.0. The zero-order chi connectivity index (χ0) is 17.6. The van der Waals surface area contributed by atoms with Crippen LogP contribution < -0.4 is 20.7 Å². The van der Waals surface area contributed by atoms with Gasteiger partial charge in [-0.2, -0.15) is 0 Å². The predicted octanol–water partition coefficient (Wildman–Crippen LogP) is 3.29. The average Bonchev–Trinajstić information content (AvgIpc) is 2.60. The summed E-state index contributed by atoms with van der Waals surface area (Å²) in [5.41, 5.74) is 9.06. The van der Waals surface area contributed by atoms with Crippen LogP contribution in [0.3, 0.4) is 0 Å². The van der Waals surface area contributed by atoms with E-state index in [1.807, 2.05) is 30.3 Å². The quantitative estimate of drug-likeness (QED) is 0.581. The Kier molecular flexibility index (Phi) is 7.42. The second-order valence-corrected chi connectivity index (χ2v) is 6.46. The molecule has 0 aromatic heterocycles. The number of nitrogen functional groups attached to an aromatic ring is 1. The van der Waals surface area contributed by atoms with Gasteiger partial charge in [-0.1, -0.05) is 23.7 Å². The largest absolute Gasteiger partial charge is 0.492 e. The van der Waals surface area contributed by atoms with E-state index < -0.39 is 0 Å². The Morgan fingerprint density at radius 2 is 2.08 bits per heavy atom. The number of nitrogens with zero attached hydrogens (tertiary/aromatic N) is 1. The highest BCUT2D eigenvalue weighted by Gasteiger charge is 2.20. The van der Waals surface area contributed by atoms with Gasteiger partial charge >= 0.3 is 0 Å². The van der Waals surface area contributed by atoms with Crippen molar-refractivity contribution >= 4 is 41.3 Å². The lowest BCUT2D eigenvalue weighted by Crippen LogP contribution is -2.41. The number of hydrogen-bond donors (Lipinski definition) is 2. The average molecular weight is 396 g/mol. The molecule has 0 unspecified atom stereocenters. The van der Waals surface area contributed by atoms with Crippen molar-refractivity contribution in [1.82, 2.24) is 5.32 Å². The molecule has 0 atom stereocenters. The fraction of sp³-hybridized carbons (Fsp3) is 0.316. The van der Waals surface area contributed by atoms with Gasteiger partial charge in [-0.3, -0.25) is 4.79 Å². The smallest absolute Gasteiger partial charge is 0.239 e. The number of fused-ring (bicyclic) bond motifs is 1. The topological polar surface area (TPSA) is 67.6 Å². The van der Waals surface area contributed by atoms with Crippen molar-refractivity contribution in [3.05, 3.63) is 53.1 Å². The highest BCUT2D eigenvalue weighted by molar-refractivity contribution is 6.30. The summed E-state index contributed by atoms with van der Waals surface area (Å²) in [6, 6.07) is 13.1. The number of rotatable bonds is 6. The number of hydrogen-bond acceptors (Lipinski definition) is 4. The van der Waals surface area contributed by atoms with Crippen molar-refractivity contribution in [2.45, 2.75) is 12.8 Å². The molecule has 2 aromatic rings. The van der Waals surface area contributed by atoms with Gasteiger partial charge in [0.25, 0.3) is 0 Å². The molecule has 3 N–H and O–H groups in total. The van der Waals surface area contributed by atoms with Crippen LogP contribution in [-0.2, 0) is 11.2 Å². The van der Waals surface area contributed by atoms with Crippen LogP contribution in [0.2, 0.25) is 5.02 Å². The Labute approximate surface area is 164 Å². The molecule has 7 heteroatoms. The van der Waals surface area contributed by atoms with Gasteiger partial charge in [0, 0.05) is 22.9 Å². The van der Waals surface area contributed by atoms with E-state index in [4.69, 9.17) is 22.1 Å². The highest BCUT2D eigenvalue weighted by Crippen LogP contribution is 2.30. The third kappa shape index (κ3) is 5.19. The van der Waals surface area contributed by atoms with Crippen molar-refractivity contribution in [2.24, 2.45) is 0 Å². The first-order valence-corrected chi connectivity index (χ1v) is 8.78. The van der Waals surface area contributed by atoms with Crippen LogP contribution in [0.1, 0.15) is 12.0 Å². The van der Waals surface area contributed by atoms with Gasteiger partial charge in [-0.15, -0.1) is 12.4 Å². The molecule has 1 heterocycles. The van der Waals surface area contributed by atoms with Crippen molar-refractivity contribution < 1.29 is 9.53 Å². The minimum absolute atomic E-state index is 0. The number of nitrogens with one attached hydrogen (secondary N) is 1. The lowest BCUT2D eigenvalue weighted by molar-refractivity contribution is -0.119. The number of halogens is 2. The van der Waals surface area contributed by atoms with E-state index in [0.29, 0.717) is 30.5 Å². The zero-order valence-electron chi connectivity index (χ0n) is 14.4. The van der Waals surface area contributed by atoms with Crippen molar-refractivity contribution in [1.29, 1.82) is 0 Å². The molecule has 0 aliphatic carbocycles. The minimum atomic E-state index is -0.0232. The summed E-state index contributed by atoms with van der Waals surface area (Å²) in [6.07, 6.45) is 1.97. The first kappa shape index (κ1) is 20.2. The SMILES string of the molecule is Cl.Nc1cccc2c1CCCN2CC(=O)NCCOc1cccc(Cl)c1. The number of benzene rings is 2. The molecule has 26 heavy (non-hydrogen) atoms. The van der Waals surface area contributed by atoms with Crippen LogP contribution in [0.5, 0.6) is 5.75 Å². The fourth-order valence-electron chi connectivity index (χ4n) is 3.04. The number of anilines is 2. The first-order valence-electron chi connectivity index (χ1n) is 8.41. The maximum Gasteiger partial charge on any atom is 0.239 e. The van der Waals surface area contributed by atoms with Crippen molar-refractivity contribution in [2.75, 3.05) is 36.9 Å². The number of carbonyl (C=O) groups excluding carboxylic acids is 1. The molecule has 0 saturated heterocycles. The second-order valence-electron chi connectivity index (χ2n) is 6.03. The monoisotopic (exact) mass is 395 g/mol. The molecule has 0 fully saturated rings. The number of ether oxygens (including phenoxy) is 1. The van der Waals surface area contributed by atoms with Gasteiger partial charge in [0.05, 0.1) is 13.1 Å². The van der Waals surface area contributed by atoms with E-state index in [-0.39, 0.29) is 18.3 Å². The van der Waals surface area contributed by atoms with E-state index in [1.165, 1.54) is 0 Å². The van der Waals surface area contributed by atoms with Crippen LogP contribution in [0.15, 0.2) is 42.5 Å². The lowest BCUT2D eigenvalue weighted by Gasteiger charge is -2.31. The molecule has 0 radical (unpaired) electrons. The van der Waals surface area contributed by atoms with E-state index in [2.05, 4.69) is 10.2 Å². The van der Waals surface area contributed by atoms with Crippen LogP contribution in [-0.4, -0.2) is 32.1 Å². The summed E-state index contributed by atoms with van der Waals surface area (Å²) in [4.78, 5) is 14.3. The maximum absolute atomic E-state index is 12.2. The Morgan fingerprint density at radius 3 is 2.88 bits per heavy atom. The predicted molar refractivity (Wildman–Crippen MR) is 109 cm³/mol. The molecule has 1 aliphatic rings. The number of carbonyl (C=O) groups is 1. The van der Waals surface area contributed by atoms with Gasteiger partial charge in [0.2, 0.25) is 5.91 Å². The Balaban J connectivity index is 0.00000243. The van der Waals surface area contributed by atoms with Crippen molar-refractivity contribution in [3.63, 3.8) is 0 Å². The lowest BCUT2D eigenvalue weighted by atomic mass is 10.00. The summed E-state index contributed by atoms with van der Waals surface area (Å²) in [5, 5.41) is 3.52. The highest BCUT2D eigenvalue weighted by atomic mass is 35.5. The Hall–Kier alpha value is -2.11. The standard InChI is InChI=1S/C19H22ClN3O2.ClH/c20-14-4-1-5-15(12-14)25-11-9-22-19(24)13-23-10-3-6-16-17(21)7-2-8-18(16)23;/h1-2,4-5,7-8,12H,3,6,9-11,13,21H2,(H,22,24);1H. The first-order chi connectivity index (χ1) is 12.1. The summed E-state index contributed by atoms with van der Waals surface area (Å²) < 4.78 is 5.57. The third-order valence-corrected chi connectivity index (χ3v) is 4.44. The van der Waals surface area contributed by atoms with Gasteiger partial charge in [0.15, 0.2) is 0 Å². The van der Waals surface area contributed by atoms with E-state index in [1.54, 1.807) is 12.1 Å². The molecular formula is C19H23Cl2N3O2.